The highest BCUT2D eigenvalue weighted by molar-refractivity contribution is 6.35. The fourth-order valence-electron chi connectivity index (χ4n) is 2.43. The number of amides is 1. The predicted octanol–water partition coefficient (Wildman–Crippen LogP) is 4.17. The highest BCUT2D eigenvalue weighted by Crippen LogP contribution is 2.21. The first-order valence-corrected chi connectivity index (χ1v) is 8.82. The molecule has 3 nitrogen and oxygen atoms in total. The van der Waals surface area contributed by atoms with Crippen molar-refractivity contribution in [1.82, 2.24) is 10.2 Å². The van der Waals surface area contributed by atoms with E-state index in [0.717, 1.165) is 17.5 Å². The summed E-state index contributed by atoms with van der Waals surface area (Å²) in [5.74, 6) is 0.101. The third-order valence-electron chi connectivity index (χ3n) is 3.81. The summed E-state index contributed by atoms with van der Waals surface area (Å²) in [5, 5.41) is 4.49. The van der Waals surface area contributed by atoms with Gasteiger partial charge in [-0.25, -0.2) is 0 Å². The Morgan fingerprint density at radius 1 is 1.12 bits per heavy atom. The number of nitrogens with zero attached hydrogens (tertiary/aromatic N) is 1. The van der Waals surface area contributed by atoms with Crippen molar-refractivity contribution in [3.05, 3.63) is 69.7 Å². The zero-order chi connectivity index (χ0) is 17.4. The number of hydrogen-bond acceptors (Lipinski definition) is 2. The van der Waals surface area contributed by atoms with Crippen LogP contribution in [0.25, 0.3) is 0 Å². The van der Waals surface area contributed by atoms with Crippen LogP contribution in [0.5, 0.6) is 0 Å². The number of carbonyl (C=O) groups excluding carboxylic acids is 1. The quantitative estimate of drug-likeness (QED) is 0.712. The van der Waals surface area contributed by atoms with Gasteiger partial charge in [0.25, 0.3) is 0 Å². The minimum absolute atomic E-state index is 0.101. The summed E-state index contributed by atoms with van der Waals surface area (Å²) in [6, 6.07) is 15.5. The average molecular weight is 365 g/mol. The maximum absolute atomic E-state index is 12.3. The normalized spacial score (nSPS) is 10.6. The molecule has 2 aromatic carbocycles. The number of benzene rings is 2. The van der Waals surface area contributed by atoms with Gasteiger partial charge in [0.15, 0.2) is 0 Å². The molecule has 0 aliphatic rings. The molecule has 0 aliphatic carbocycles. The van der Waals surface area contributed by atoms with Gasteiger partial charge in [-0.2, -0.15) is 0 Å². The van der Waals surface area contributed by atoms with E-state index in [1.54, 1.807) is 6.07 Å². The van der Waals surface area contributed by atoms with Gasteiger partial charge in [0, 0.05) is 23.1 Å². The predicted molar refractivity (Wildman–Crippen MR) is 101 cm³/mol. The van der Waals surface area contributed by atoms with Crippen LogP contribution in [-0.4, -0.2) is 30.4 Å². The van der Waals surface area contributed by atoms with E-state index in [1.165, 1.54) is 0 Å². The van der Waals surface area contributed by atoms with E-state index in [2.05, 4.69) is 5.32 Å². The molecule has 2 rings (SSSR count). The van der Waals surface area contributed by atoms with Gasteiger partial charge < -0.3 is 10.2 Å². The molecule has 1 amide bonds. The maximum Gasteiger partial charge on any atom is 0.236 e. The Morgan fingerprint density at radius 3 is 2.54 bits per heavy atom. The molecule has 0 bridgehead atoms. The summed E-state index contributed by atoms with van der Waals surface area (Å²) < 4.78 is 0. The van der Waals surface area contributed by atoms with E-state index in [4.69, 9.17) is 23.2 Å². The molecule has 128 valence electrons. The van der Waals surface area contributed by atoms with Crippen LogP contribution in [0.3, 0.4) is 0 Å². The zero-order valence-electron chi connectivity index (χ0n) is 13.8. The van der Waals surface area contributed by atoms with Gasteiger partial charge in [-0.1, -0.05) is 59.6 Å². The molecule has 0 heterocycles. The first-order chi connectivity index (χ1) is 11.6. The first-order valence-electron chi connectivity index (χ1n) is 8.06. The van der Waals surface area contributed by atoms with Crippen LogP contribution in [0.2, 0.25) is 10.0 Å². The van der Waals surface area contributed by atoms with Gasteiger partial charge >= 0.3 is 0 Å². The van der Waals surface area contributed by atoms with Crippen molar-refractivity contribution < 1.29 is 4.79 Å². The Kier molecular flexibility index (Phi) is 7.57. The number of likely N-dealkylation sites (N-methyl/N-ethyl adjacent to an activating group) is 1. The topological polar surface area (TPSA) is 32.3 Å². The summed E-state index contributed by atoms with van der Waals surface area (Å²) in [5.41, 5.74) is 2.17. The summed E-state index contributed by atoms with van der Waals surface area (Å²) >= 11 is 12.0. The van der Waals surface area contributed by atoms with E-state index in [1.807, 2.05) is 54.3 Å². The minimum Gasteiger partial charge on any atom is -0.338 e. The van der Waals surface area contributed by atoms with Crippen LogP contribution in [0.15, 0.2) is 48.5 Å². The van der Waals surface area contributed by atoms with Crippen LogP contribution in [0.4, 0.5) is 0 Å². The van der Waals surface area contributed by atoms with Gasteiger partial charge in [-0.3, -0.25) is 4.79 Å². The standard InChI is InChI=1S/C19H22Cl2N2O/c1-2-23(14-15-6-4-3-5-7-15)19(24)13-22-11-10-16-8-9-17(20)12-18(16)21/h3-9,12,22H,2,10-11,13-14H2,1H3. The van der Waals surface area contributed by atoms with Gasteiger partial charge in [0.2, 0.25) is 5.91 Å². The third kappa shape index (κ3) is 5.82. The third-order valence-corrected chi connectivity index (χ3v) is 4.40. The van der Waals surface area contributed by atoms with Crippen LogP contribution < -0.4 is 5.32 Å². The lowest BCUT2D eigenvalue weighted by Gasteiger charge is -2.21. The van der Waals surface area contributed by atoms with E-state index in [-0.39, 0.29) is 5.91 Å². The van der Waals surface area contributed by atoms with E-state index >= 15 is 0 Å². The molecule has 0 saturated carbocycles. The second-order valence-electron chi connectivity index (χ2n) is 5.56. The van der Waals surface area contributed by atoms with Crippen molar-refractivity contribution in [3.8, 4) is 0 Å². The SMILES string of the molecule is CCN(Cc1ccccc1)C(=O)CNCCc1ccc(Cl)cc1Cl. The van der Waals surface area contributed by atoms with Gasteiger partial charge in [-0.05, 0) is 43.1 Å². The molecule has 0 aromatic heterocycles. The highest BCUT2D eigenvalue weighted by Gasteiger charge is 2.11. The van der Waals surface area contributed by atoms with Crippen molar-refractivity contribution in [2.75, 3.05) is 19.6 Å². The number of halogens is 2. The number of hydrogen-bond donors (Lipinski definition) is 1. The van der Waals surface area contributed by atoms with Gasteiger partial charge in [0.1, 0.15) is 0 Å². The number of rotatable bonds is 8. The summed E-state index contributed by atoms with van der Waals surface area (Å²) in [6.07, 6.45) is 0.758. The molecule has 0 fully saturated rings. The Bertz CT molecular complexity index is 662. The molecule has 2 aromatic rings. The van der Waals surface area contributed by atoms with Crippen LogP contribution >= 0.6 is 23.2 Å². The highest BCUT2D eigenvalue weighted by atomic mass is 35.5. The van der Waals surface area contributed by atoms with Crippen molar-refractivity contribution in [3.63, 3.8) is 0 Å². The minimum atomic E-state index is 0.101. The van der Waals surface area contributed by atoms with Crippen molar-refractivity contribution >= 4 is 29.1 Å². The fourth-order valence-corrected chi connectivity index (χ4v) is 2.94. The molecule has 0 aliphatic heterocycles. The smallest absolute Gasteiger partial charge is 0.236 e. The lowest BCUT2D eigenvalue weighted by atomic mass is 10.1. The van der Waals surface area contributed by atoms with E-state index < -0.39 is 0 Å². The molecule has 24 heavy (non-hydrogen) atoms. The number of nitrogens with one attached hydrogen (secondary N) is 1. The van der Waals surface area contributed by atoms with Crippen molar-refractivity contribution in [1.29, 1.82) is 0 Å². The molecule has 1 N–H and O–H groups in total. The lowest BCUT2D eigenvalue weighted by molar-refractivity contribution is -0.130. The molecule has 5 heteroatoms. The maximum atomic E-state index is 12.3. The molecule has 0 atom stereocenters. The summed E-state index contributed by atoms with van der Waals surface area (Å²) in [6.45, 7) is 4.34. The second-order valence-corrected chi connectivity index (χ2v) is 6.40. The van der Waals surface area contributed by atoms with E-state index in [0.29, 0.717) is 36.2 Å². The zero-order valence-corrected chi connectivity index (χ0v) is 15.3. The Balaban J connectivity index is 1.77. The Labute approximate surface area is 153 Å². The first kappa shape index (κ1) is 18.8. The van der Waals surface area contributed by atoms with Gasteiger partial charge in [0.05, 0.1) is 6.54 Å². The fraction of sp³-hybridized carbons (Fsp3) is 0.316. The van der Waals surface area contributed by atoms with Crippen LogP contribution in [0, 0.1) is 0 Å². The molecule has 0 radical (unpaired) electrons. The van der Waals surface area contributed by atoms with E-state index in [9.17, 15) is 4.79 Å². The van der Waals surface area contributed by atoms with Crippen molar-refractivity contribution in [2.45, 2.75) is 19.9 Å². The molecule has 0 spiro atoms. The summed E-state index contributed by atoms with van der Waals surface area (Å²) in [7, 11) is 0. The monoisotopic (exact) mass is 364 g/mol. The average Bonchev–Trinajstić information content (AvgIpc) is 2.58. The molecule has 0 saturated heterocycles. The van der Waals surface area contributed by atoms with Crippen LogP contribution in [-0.2, 0) is 17.8 Å². The lowest BCUT2D eigenvalue weighted by Crippen LogP contribution is -2.38. The van der Waals surface area contributed by atoms with Crippen molar-refractivity contribution in [2.24, 2.45) is 0 Å². The molecular formula is C19H22Cl2N2O. The number of carbonyl (C=O) groups is 1. The second kappa shape index (κ2) is 9.67. The molecular weight excluding hydrogens is 343 g/mol. The largest absolute Gasteiger partial charge is 0.338 e. The Morgan fingerprint density at radius 2 is 1.88 bits per heavy atom. The summed E-state index contributed by atoms with van der Waals surface area (Å²) in [4.78, 5) is 14.2. The Hall–Kier alpha value is -1.55. The molecule has 0 unspecified atom stereocenters. The van der Waals surface area contributed by atoms with Crippen LogP contribution in [0.1, 0.15) is 18.1 Å². The van der Waals surface area contributed by atoms with Gasteiger partial charge in [-0.15, -0.1) is 0 Å².